The van der Waals surface area contributed by atoms with Gasteiger partial charge in [-0.25, -0.2) is 0 Å². The van der Waals surface area contributed by atoms with Gasteiger partial charge in [-0.05, 0) is 43.3 Å². The van der Waals surface area contributed by atoms with Crippen molar-refractivity contribution >= 4 is 51.6 Å². The van der Waals surface area contributed by atoms with E-state index in [2.05, 4.69) is 16.8 Å². The molecule has 0 aromatic carbocycles. The molecule has 3 rings (SSSR count). The van der Waals surface area contributed by atoms with Crippen molar-refractivity contribution in [3.63, 3.8) is 0 Å². The second kappa shape index (κ2) is 7.47. The number of nitrogens with one attached hydrogen (secondary N) is 1. The summed E-state index contributed by atoms with van der Waals surface area (Å²) in [5.74, 6) is -0.893. The average molecular weight is 377 g/mol. The standard InChI is InChI=1S/C17H19N3O3S2/c1-2-7-20-16(23)13(15(22)18-17(20)24)10-12-3-4-14(25-12)19-8-5-11(21)6-9-19/h2-4,10-11,21H,1,5-9H2,(H,18,22,24)/b13-10+. The molecule has 2 amide bonds. The molecule has 0 aliphatic carbocycles. The molecule has 132 valence electrons. The second-order valence-electron chi connectivity index (χ2n) is 5.92. The smallest absolute Gasteiger partial charge is 0.265 e. The summed E-state index contributed by atoms with van der Waals surface area (Å²) in [6.45, 7) is 5.46. The molecule has 1 aromatic heterocycles. The Morgan fingerprint density at radius 2 is 2.08 bits per heavy atom. The first-order chi connectivity index (χ1) is 12.0. The third-order valence-corrected chi connectivity index (χ3v) is 5.59. The maximum absolute atomic E-state index is 12.5. The molecule has 2 saturated heterocycles. The van der Waals surface area contributed by atoms with E-state index in [0.29, 0.717) is 0 Å². The van der Waals surface area contributed by atoms with Gasteiger partial charge in [-0.15, -0.1) is 17.9 Å². The number of piperidine rings is 1. The normalized spacial score (nSPS) is 21.0. The summed E-state index contributed by atoms with van der Waals surface area (Å²) < 4.78 is 0. The number of nitrogens with zero attached hydrogens (tertiary/aromatic N) is 2. The highest BCUT2D eigenvalue weighted by molar-refractivity contribution is 7.80. The van der Waals surface area contributed by atoms with Crippen molar-refractivity contribution in [1.29, 1.82) is 0 Å². The van der Waals surface area contributed by atoms with Crippen LogP contribution in [0.5, 0.6) is 0 Å². The third kappa shape index (κ3) is 3.81. The molecule has 1 aromatic rings. The lowest BCUT2D eigenvalue weighted by atomic mass is 10.1. The van der Waals surface area contributed by atoms with Gasteiger partial charge < -0.3 is 10.0 Å². The maximum Gasteiger partial charge on any atom is 0.265 e. The fourth-order valence-electron chi connectivity index (χ4n) is 2.81. The Morgan fingerprint density at radius 1 is 1.36 bits per heavy atom. The number of hydrogen-bond acceptors (Lipinski definition) is 6. The quantitative estimate of drug-likeness (QED) is 0.360. The molecule has 2 aliphatic heterocycles. The molecule has 25 heavy (non-hydrogen) atoms. The zero-order valence-corrected chi connectivity index (χ0v) is 15.2. The van der Waals surface area contributed by atoms with Crippen LogP contribution in [0, 0.1) is 0 Å². The molecular formula is C17H19N3O3S2. The molecule has 3 heterocycles. The lowest BCUT2D eigenvalue weighted by Gasteiger charge is -2.30. The molecule has 0 bridgehead atoms. The van der Waals surface area contributed by atoms with Gasteiger partial charge in [0.2, 0.25) is 0 Å². The summed E-state index contributed by atoms with van der Waals surface area (Å²) in [5, 5.41) is 13.3. The van der Waals surface area contributed by atoms with Crippen molar-refractivity contribution in [2.24, 2.45) is 0 Å². The van der Waals surface area contributed by atoms with E-state index < -0.39 is 11.8 Å². The van der Waals surface area contributed by atoms with Gasteiger partial charge in [-0.2, -0.15) is 0 Å². The van der Waals surface area contributed by atoms with Crippen LogP contribution in [0.3, 0.4) is 0 Å². The van der Waals surface area contributed by atoms with Crippen molar-refractivity contribution in [2.75, 3.05) is 24.5 Å². The fourth-order valence-corrected chi connectivity index (χ4v) is 4.06. The van der Waals surface area contributed by atoms with Crippen LogP contribution in [0.4, 0.5) is 5.00 Å². The predicted octanol–water partition coefficient (Wildman–Crippen LogP) is 1.52. The molecule has 0 spiro atoms. The van der Waals surface area contributed by atoms with Crippen LogP contribution in [-0.2, 0) is 9.59 Å². The first-order valence-corrected chi connectivity index (χ1v) is 9.24. The highest BCUT2D eigenvalue weighted by atomic mass is 32.1. The largest absolute Gasteiger partial charge is 0.393 e. The number of thiophene rings is 1. The van der Waals surface area contributed by atoms with Crippen LogP contribution in [0.25, 0.3) is 6.08 Å². The van der Waals surface area contributed by atoms with Gasteiger partial charge in [0.25, 0.3) is 11.8 Å². The summed E-state index contributed by atoms with van der Waals surface area (Å²) in [6, 6.07) is 3.87. The predicted molar refractivity (Wildman–Crippen MR) is 102 cm³/mol. The molecular weight excluding hydrogens is 358 g/mol. The number of anilines is 1. The first-order valence-electron chi connectivity index (χ1n) is 8.02. The van der Waals surface area contributed by atoms with Gasteiger partial charge in [0.1, 0.15) is 5.57 Å². The first kappa shape index (κ1) is 17.8. The minimum Gasteiger partial charge on any atom is -0.393 e. The second-order valence-corrected chi connectivity index (χ2v) is 7.40. The number of carbonyl (C=O) groups excluding carboxylic acids is 2. The van der Waals surface area contributed by atoms with E-state index in [1.165, 1.54) is 16.2 Å². The van der Waals surface area contributed by atoms with Crippen molar-refractivity contribution in [3.8, 4) is 0 Å². The average Bonchev–Trinajstić information content (AvgIpc) is 3.05. The van der Waals surface area contributed by atoms with Crippen molar-refractivity contribution < 1.29 is 14.7 Å². The number of thiocarbonyl (C=S) groups is 1. The number of aliphatic hydroxyl groups is 1. The maximum atomic E-state index is 12.5. The minimum atomic E-state index is -0.480. The van der Waals surface area contributed by atoms with E-state index in [0.717, 1.165) is 35.8 Å². The zero-order valence-electron chi connectivity index (χ0n) is 13.6. The highest BCUT2D eigenvalue weighted by Gasteiger charge is 2.32. The van der Waals surface area contributed by atoms with E-state index >= 15 is 0 Å². The Kier molecular flexibility index (Phi) is 5.31. The number of aliphatic hydroxyl groups excluding tert-OH is 1. The van der Waals surface area contributed by atoms with E-state index in [1.807, 2.05) is 12.1 Å². The van der Waals surface area contributed by atoms with E-state index in [4.69, 9.17) is 12.2 Å². The molecule has 0 radical (unpaired) electrons. The monoisotopic (exact) mass is 377 g/mol. The number of amides is 2. The third-order valence-electron chi connectivity index (χ3n) is 4.17. The van der Waals surface area contributed by atoms with Crippen LogP contribution in [-0.4, -0.2) is 52.7 Å². The van der Waals surface area contributed by atoms with Gasteiger partial charge in [-0.1, -0.05) is 6.08 Å². The summed E-state index contributed by atoms with van der Waals surface area (Å²) in [6.07, 6.45) is 4.45. The fraction of sp³-hybridized carbons (Fsp3) is 0.353. The number of rotatable bonds is 4. The Hall–Kier alpha value is -2.03. The summed E-state index contributed by atoms with van der Waals surface area (Å²) in [4.78, 5) is 29.0. The Morgan fingerprint density at radius 3 is 2.76 bits per heavy atom. The van der Waals surface area contributed by atoms with E-state index in [9.17, 15) is 14.7 Å². The van der Waals surface area contributed by atoms with Gasteiger partial charge >= 0.3 is 0 Å². The number of hydrogen-bond donors (Lipinski definition) is 2. The molecule has 6 nitrogen and oxygen atoms in total. The topological polar surface area (TPSA) is 72.9 Å². The van der Waals surface area contributed by atoms with Crippen LogP contribution >= 0.6 is 23.6 Å². The molecule has 0 atom stereocenters. The van der Waals surface area contributed by atoms with Crippen LogP contribution in [0.2, 0.25) is 0 Å². The van der Waals surface area contributed by atoms with Crippen molar-refractivity contribution in [1.82, 2.24) is 10.2 Å². The lowest BCUT2D eigenvalue weighted by molar-refractivity contribution is -0.128. The molecule has 0 unspecified atom stereocenters. The van der Waals surface area contributed by atoms with E-state index in [1.54, 1.807) is 12.2 Å². The molecule has 8 heteroatoms. The summed E-state index contributed by atoms with van der Waals surface area (Å²) >= 11 is 6.55. The van der Waals surface area contributed by atoms with E-state index in [-0.39, 0.29) is 23.3 Å². The van der Waals surface area contributed by atoms with Crippen LogP contribution in [0.1, 0.15) is 17.7 Å². The summed E-state index contributed by atoms with van der Waals surface area (Å²) in [7, 11) is 0. The van der Waals surface area contributed by atoms with Crippen molar-refractivity contribution in [3.05, 3.63) is 35.2 Å². The molecule has 2 fully saturated rings. The van der Waals surface area contributed by atoms with Gasteiger partial charge in [0.05, 0.1) is 11.1 Å². The highest BCUT2D eigenvalue weighted by Crippen LogP contribution is 2.30. The number of carbonyl (C=O) groups is 2. The minimum absolute atomic E-state index is 0.0675. The van der Waals surface area contributed by atoms with Crippen molar-refractivity contribution in [2.45, 2.75) is 18.9 Å². The molecule has 0 saturated carbocycles. The van der Waals surface area contributed by atoms with Crippen LogP contribution < -0.4 is 10.2 Å². The van der Waals surface area contributed by atoms with Gasteiger partial charge in [-0.3, -0.25) is 19.8 Å². The van der Waals surface area contributed by atoms with Gasteiger partial charge in [0, 0.05) is 24.5 Å². The van der Waals surface area contributed by atoms with Crippen LogP contribution in [0.15, 0.2) is 30.4 Å². The lowest BCUT2D eigenvalue weighted by Crippen LogP contribution is -2.53. The molecule has 2 aliphatic rings. The Balaban J connectivity index is 1.80. The SMILES string of the molecule is C=CCN1C(=O)/C(=C/c2ccc(N3CCC(O)CC3)s2)C(=O)NC1=S. The van der Waals surface area contributed by atoms with Gasteiger partial charge in [0.15, 0.2) is 5.11 Å². The Labute approximate surface area is 155 Å². The Bertz CT molecular complexity index is 748. The zero-order chi connectivity index (χ0) is 18.0. The molecule has 2 N–H and O–H groups in total. The summed E-state index contributed by atoms with van der Waals surface area (Å²) in [5.41, 5.74) is 0.0675.